The van der Waals surface area contributed by atoms with E-state index >= 15 is 0 Å². The van der Waals surface area contributed by atoms with E-state index in [1.54, 1.807) is 24.3 Å². The molecule has 18 heavy (non-hydrogen) atoms. The molecule has 0 spiro atoms. The van der Waals surface area contributed by atoms with Crippen molar-refractivity contribution >= 4 is 28.7 Å². The van der Waals surface area contributed by atoms with Crippen LogP contribution < -0.4 is 4.80 Å². The third kappa shape index (κ3) is 2.86. The summed E-state index contributed by atoms with van der Waals surface area (Å²) in [6, 6.07) is 6.73. The molecule has 0 saturated carbocycles. The van der Waals surface area contributed by atoms with Gasteiger partial charge in [-0.2, -0.15) is 5.10 Å². The zero-order chi connectivity index (χ0) is 13.1. The average Bonchev–Trinajstić information content (AvgIpc) is 2.71. The lowest BCUT2D eigenvalue weighted by Gasteiger charge is -2.01. The zero-order valence-electron chi connectivity index (χ0n) is 9.81. The van der Waals surface area contributed by atoms with Crippen molar-refractivity contribution in [1.82, 2.24) is 9.78 Å². The van der Waals surface area contributed by atoms with E-state index < -0.39 is 0 Å². The van der Waals surface area contributed by atoms with Gasteiger partial charge in [-0.25, -0.2) is 4.68 Å². The standard InChI is InChI=1S/C12H12ClN3OS/c1-2-11-15-16(12(14)18-11)7-10(17)8-3-5-9(13)6-4-8/h3-6,14H,2,7H2,1H3. The van der Waals surface area contributed by atoms with Gasteiger partial charge in [0.25, 0.3) is 0 Å². The first-order chi connectivity index (χ1) is 8.60. The molecule has 6 heteroatoms. The van der Waals surface area contributed by atoms with Crippen molar-refractivity contribution in [2.24, 2.45) is 0 Å². The predicted octanol–water partition coefficient (Wildman–Crippen LogP) is 2.52. The van der Waals surface area contributed by atoms with Crippen LogP contribution in [-0.4, -0.2) is 15.6 Å². The highest BCUT2D eigenvalue weighted by Gasteiger charge is 2.09. The molecule has 0 aliphatic rings. The van der Waals surface area contributed by atoms with Crippen LogP contribution in [0.3, 0.4) is 0 Å². The van der Waals surface area contributed by atoms with Gasteiger partial charge in [0.15, 0.2) is 5.78 Å². The molecule has 4 nitrogen and oxygen atoms in total. The molecule has 0 saturated heterocycles. The highest BCUT2D eigenvalue weighted by Crippen LogP contribution is 2.10. The summed E-state index contributed by atoms with van der Waals surface area (Å²) in [7, 11) is 0. The minimum absolute atomic E-state index is 0.0712. The summed E-state index contributed by atoms with van der Waals surface area (Å²) in [5.41, 5.74) is 0.581. The van der Waals surface area contributed by atoms with Crippen LogP contribution in [0.4, 0.5) is 0 Å². The highest BCUT2D eigenvalue weighted by molar-refractivity contribution is 7.08. The summed E-state index contributed by atoms with van der Waals surface area (Å²) < 4.78 is 1.43. The van der Waals surface area contributed by atoms with Crippen LogP contribution in [0.5, 0.6) is 0 Å². The molecule has 0 amide bonds. The Morgan fingerprint density at radius 2 is 2.11 bits per heavy atom. The second kappa shape index (κ2) is 5.46. The first-order valence-electron chi connectivity index (χ1n) is 5.50. The Balaban J connectivity index is 2.18. The lowest BCUT2D eigenvalue weighted by molar-refractivity contribution is 0.0966. The third-order valence-corrected chi connectivity index (χ3v) is 3.71. The van der Waals surface area contributed by atoms with Crippen molar-refractivity contribution in [2.45, 2.75) is 19.9 Å². The van der Waals surface area contributed by atoms with Gasteiger partial charge >= 0.3 is 0 Å². The number of nitrogens with zero attached hydrogens (tertiary/aromatic N) is 2. The Bertz CT molecular complexity index is 615. The minimum atomic E-state index is -0.0712. The Hall–Kier alpha value is -1.46. The van der Waals surface area contributed by atoms with Crippen LogP contribution >= 0.6 is 22.9 Å². The van der Waals surface area contributed by atoms with Crippen molar-refractivity contribution < 1.29 is 4.79 Å². The molecule has 1 heterocycles. The van der Waals surface area contributed by atoms with Gasteiger partial charge in [0.1, 0.15) is 11.6 Å². The van der Waals surface area contributed by atoms with Gasteiger partial charge in [-0.05, 0) is 30.7 Å². The molecule has 0 atom stereocenters. The number of halogens is 1. The van der Waals surface area contributed by atoms with E-state index in [2.05, 4.69) is 5.10 Å². The number of carbonyl (C=O) groups excluding carboxylic acids is 1. The second-order valence-corrected chi connectivity index (χ2v) is 5.24. The van der Waals surface area contributed by atoms with Crippen LogP contribution in [0.2, 0.25) is 5.02 Å². The molecule has 1 aromatic heterocycles. The molecular weight excluding hydrogens is 270 g/mol. The molecule has 2 rings (SSSR count). The summed E-state index contributed by atoms with van der Waals surface area (Å²) in [5.74, 6) is -0.0712. The quantitative estimate of drug-likeness (QED) is 0.876. The number of aryl methyl sites for hydroxylation is 1. The molecule has 0 aliphatic carbocycles. The summed E-state index contributed by atoms with van der Waals surface area (Å²) in [6.07, 6.45) is 0.776. The van der Waals surface area contributed by atoms with E-state index in [1.165, 1.54) is 16.0 Å². The normalized spacial score (nSPS) is 10.6. The van der Waals surface area contributed by atoms with Gasteiger partial charge in [0.2, 0.25) is 4.80 Å². The molecule has 1 N–H and O–H groups in total. The average molecular weight is 282 g/mol. The van der Waals surface area contributed by atoms with Gasteiger partial charge in [-0.15, -0.1) is 0 Å². The van der Waals surface area contributed by atoms with Crippen molar-refractivity contribution in [3.8, 4) is 0 Å². The monoisotopic (exact) mass is 281 g/mol. The van der Waals surface area contributed by atoms with Crippen LogP contribution in [-0.2, 0) is 13.0 Å². The Morgan fingerprint density at radius 3 is 2.67 bits per heavy atom. The van der Waals surface area contributed by atoms with E-state index in [4.69, 9.17) is 17.0 Å². The minimum Gasteiger partial charge on any atom is -0.292 e. The third-order valence-electron chi connectivity index (χ3n) is 2.44. The summed E-state index contributed by atoms with van der Waals surface area (Å²) in [5, 5.41) is 13.4. The molecule has 2 aromatic rings. The molecule has 94 valence electrons. The number of nitrogens with one attached hydrogen (secondary N) is 1. The molecule has 0 unspecified atom stereocenters. The lowest BCUT2D eigenvalue weighted by Crippen LogP contribution is -2.21. The van der Waals surface area contributed by atoms with Gasteiger partial charge in [-0.1, -0.05) is 29.9 Å². The fourth-order valence-corrected chi connectivity index (χ4v) is 2.32. The zero-order valence-corrected chi connectivity index (χ0v) is 11.4. The predicted molar refractivity (Wildman–Crippen MR) is 71.1 cm³/mol. The summed E-state index contributed by atoms with van der Waals surface area (Å²) in [6.45, 7) is 2.07. The lowest BCUT2D eigenvalue weighted by atomic mass is 10.1. The summed E-state index contributed by atoms with van der Waals surface area (Å²) in [4.78, 5) is 12.3. The van der Waals surface area contributed by atoms with Crippen LogP contribution in [0.15, 0.2) is 24.3 Å². The number of hydrogen-bond acceptors (Lipinski definition) is 4. The SMILES string of the molecule is CCc1nn(CC(=O)c2ccc(Cl)cc2)c(=N)s1. The fourth-order valence-electron chi connectivity index (χ4n) is 1.48. The Kier molecular flexibility index (Phi) is 3.93. The van der Waals surface area contributed by atoms with Crippen LogP contribution in [0, 0.1) is 5.41 Å². The van der Waals surface area contributed by atoms with Gasteiger partial charge in [0.05, 0.1) is 0 Å². The van der Waals surface area contributed by atoms with E-state index in [0.717, 1.165) is 11.4 Å². The Morgan fingerprint density at radius 1 is 1.44 bits per heavy atom. The molecule has 1 aromatic carbocycles. The second-order valence-electron chi connectivity index (χ2n) is 3.74. The number of hydrogen-bond donors (Lipinski definition) is 1. The van der Waals surface area contributed by atoms with E-state index in [0.29, 0.717) is 15.4 Å². The highest BCUT2D eigenvalue weighted by atomic mass is 35.5. The maximum absolute atomic E-state index is 12.0. The van der Waals surface area contributed by atoms with Gasteiger partial charge < -0.3 is 0 Å². The maximum atomic E-state index is 12.0. The largest absolute Gasteiger partial charge is 0.292 e. The fraction of sp³-hybridized carbons (Fsp3) is 0.250. The van der Waals surface area contributed by atoms with E-state index in [9.17, 15) is 4.79 Å². The van der Waals surface area contributed by atoms with Crippen molar-refractivity contribution in [2.75, 3.05) is 0 Å². The number of carbonyl (C=O) groups is 1. The molecule has 0 fully saturated rings. The molecule has 0 aliphatic heterocycles. The van der Waals surface area contributed by atoms with E-state index in [1.807, 2.05) is 6.92 Å². The van der Waals surface area contributed by atoms with Crippen molar-refractivity contribution in [3.05, 3.63) is 44.7 Å². The smallest absolute Gasteiger partial charge is 0.200 e. The van der Waals surface area contributed by atoms with Crippen LogP contribution in [0.1, 0.15) is 22.3 Å². The maximum Gasteiger partial charge on any atom is 0.200 e. The summed E-state index contributed by atoms with van der Waals surface area (Å²) >= 11 is 7.07. The first kappa shape index (κ1) is 13.0. The van der Waals surface area contributed by atoms with Gasteiger partial charge in [0, 0.05) is 10.6 Å². The molecule has 0 radical (unpaired) electrons. The molecule has 0 bridgehead atoms. The van der Waals surface area contributed by atoms with Crippen LogP contribution in [0.25, 0.3) is 0 Å². The number of benzene rings is 1. The van der Waals surface area contributed by atoms with Gasteiger partial charge in [-0.3, -0.25) is 10.2 Å². The number of Topliss-reactive ketones (excluding diaryl/α,β-unsaturated/α-hetero) is 1. The number of aromatic nitrogens is 2. The topological polar surface area (TPSA) is 58.7 Å². The van der Waals surface area contributed by atoms with Crippen molar-refractivity contribution in [3.63, 3.8) is 0 Å². The van der Waals surface area contributed by atoms with Crippen molar-refractivity contribution in [1.29, 1.82) is 5.41 Å². The Labute approximate surface area is 113 Å². The number of ketones is 1. The van der Waals surface area contributed by atoms with E-state index in [-0.39, 0.29) is 12.3 Å². The number of rotatable bonds is 4. The molecular formula is C12H12ClN3OS. The first-order valence-corrected chi connectivity index (χ1v) is 6.69.